The third-order valence-electron chi connectivity index (χ3n) is 3.28. The van der Waals surface area contributed by atoms with E-state index in [2.05, 4.69) is 50.8 Å². The predicted molar refractivity (Wildman–Crippen MR) is 94.3 cm³/mol. The zero-order valence-corrected chi connectivity index (χ0v) is 14.4. The highest BCUT2D eigenvalue weighted by atomic mass is 79.9. The van der Waals surface area contributed by atoms with Gasteiger partial charge in [-0.1, -0.05) is 46.8 Å². The van der Waals surface area contributed by atoms with Crippen molar-refractivity contribution in [3.05, 3.63) is 58.8 Å². The van der Waals surface area contributed by atoms with Crippen molar-refractivity contribution in [2.45, 2.75) is 19.9 Å². The molecule has 1 rings (SSSR count). The SMILES string of the molecule is C=C/C(=C\C=C(/Br)CNN)C(C)N(C)c1ccc(C)cn1. The van der Waals surface area contributed by atoms with Gasteiger partial charge in [-0.2, -0.15) is 0 Å². The fourth-order valence-electron chi connectivity index (χ4n) is 1.81. The van der Waals surface area contributed by atoms with Crippen LogP contribution in [0.4, 0.5) is 5.82 Å². The van der Waals surface area contributed by atoms with Crippen LogP contribution in [0.2, 0.25) is 0 Å². The Hall–Kier alpha value is -1.43. The maximum absolute atomic E-state index is 5.29. The number of likely N-dealkylation sites (N-methyl/N-ethyl adjacent to an activating group) is 1. The lowest BCUT2D eigenvalue weighted by atomic mass is 10.1. The first-order chi connectivity index (χ1) is 9.99. The summed E-state index contributed by atoms with van der Waals surface area (Å²) in [7, 11) is 2.03. The van der Waals surface area contributed by atoms with Crippen LogP contribution in [-0.2, 0) is 0 Å². The summed E-state index contributed by atoms with van der Waals surface area (Å²) >= 11 is 3.45. The van der Waals surface area contributed by atoms with E-state index in [0.717, 1.165) is 21.4 Å². The Morgan fingerprint density at radius 1 is 1.52 bits per heavy atom. The van der Waals surface area contributed by atoms with Crippen molar-refractivity contribution < 1.29 is 0 Å². The Balaban J connectivity index is 2.89. The summed E-state index contributed by atoms with van der Waals surface area (Å²) in [5, 5.41) is 0. The average Bonchev–Trinajstić information content (AvgIpc) is 2.48. The van der Waals surface area contributed by atoms with Crippen molar-refractivity contribution >= 4 is 21.7 Å². The van der Waals surface area contributed by atoms with E-state index in [9.17, 15) is 0 Å². The van der Waals surface area contributed by atoms with Gasteiger partial charge in [0.1, 0.15) is 5.82 Å². The van der Waals surface area contributed by atoms with Crippen LogP contribution in [0.1, 0.15) is 12.5 Å². The highest BCUT2D eigenvalue weighted by molar-refractivity contribution is 9.11. The molecule has 1 atom stereocenters. The number of nitrogens with two attached hydrogens (primary N) is 1. The third-order valence-corrected chi connectivity index (χ3v) is 3.83. The molecule has 1 unspecified atom stereocenters. The Kier molecular flexibility index (Phi) is 7.36. The highest BCUT2D eigenvalue weighted by Gasteiger charge is 2.13. The van der Waals surface area contributed by atoms with Crippen LogP contribution in [0.5, 0.6) is 0 Å². The maximum atomic E-state index is 5.29. The van der Waals surface area contributed by atoms with Gasteiger partial charge < -0.3 is 4.90 Å². The molecular formula is C16H23BrN4. The second-order valence-electron chi connectivity index (χ2n) is 4.85. The minimum atomic E-state index is 0.167. The molecular weight excluding hydrogens is 328 g/mol. The van der Waals surface area contributed by atoms with E-state index in [-0.39, 0.29) is 6.04 Å². The summed E-state index contributed by atoms with van der Waals surface area (Å²) in [4.78, 5) is 6.57. The molecule has 0 aliphatic carbocycles. The van der Waals surface area contributed by atoms with Crippen LogP contribution in [0.25, 0.3) is 0 Å². The van der Waals surface area contributed by atoms with E-state index < -0.39 is 0 Å². The molecule has 0 aliphatic heterocycles. The lowest BCUT2D eigenvalue weighted by molar-refractivity contribution is 0.781. The molecule has 0 amide bonds. The molecule has 1 aromatic rings. The van der Waals surface area contributed by atoms with Crippen molar-refractivity contribution in [1.82, 2.24) is 10.4 Å². The predicted octanol–water partition coefficient (Wildman–Crippen LogP) is 3.07. The first-order valence-electron chi connectivity index (χ1n) is 6.77. The second kappa shape index (κ2) is 8.77. The Morgan fingerprint density at radius 2 is 2.24 bits per heavy atom. The zero-order valence-electron chi connectivity index (χ0n) is 12.8. The van der Waals surface area contributed by atoms with Gasteiger partial charge in [0.2, 0.25) is 0 Å². The highest BCUT2D eigenvalue weighted by Crippen LogP contribution is 2.18. The Bertz CT molecular complexity index is 520. The second-order valence-corrected chi connectivity index (χ2v) is 5.86. The van der Waals surface area contributed by atoms with Gasteiger partial charge in [0, 0.05) is 24.3 Å². The van der Waals surface area contributed by atoms with E-state index in [1.807, 2.05) is 44.5 Å². The van der Waals surface area contributed by atoms with Crippen molar-refractivity contribution in [2.24, 2.45) is 5.84 Å². The van der Waals surface area contributed by atoms with Crippen molar-refractivity contribution in [1.29, 1.82) is 0 Å². The summed E-state index contributed by atoms with van der Waals surface area (Å²) in [6, 6.07) is 4.25. The molecule has 4 nitrogen and oxygen atoms in total. The summed E-state index contributed by atoms with van der Waals surface area (Å²) in [6.07, 6.45) is 7.74. The standard InChI is InChI=1S/C16H23BrN4/c1-5-14(7-8-15(17)11-20-18)13(3)21(4)16-9-6-12(2)10-19-16/h5-10,13,20H,1,11,18H2,2-4H3/b14-7+,15-8-. The van der Waals surface area contributed by atoms with Crippen LogP contribution in [0.3, 0.4) is 0 Å². The summed E-state index contributed by atoms with van der Waals surface area (Å²) in [5.41, 5.74) is 4.86. The van der Waals surface area contributed by atoms with Crippen LogP contribution < -0.4 is 16.2 Å². The molecule has 21 heavy (non-hydrogen) atoms. The van der Waals surface area contributed by atoms with Crippen LogP contribution in [0, 0.1) is 6.92 Å². The Morgan fingerprint density at radius 3 is 2.76 bits per heavy atom. The number of allylic oxidation sites excluding steroid dienone is 2. The molecule has 0 spiro atoms. The molecule has 1 heterocycles. The largest absolute Gasteiger partial charge is 0.353 e. The molecule has 0 fully saturated rings. The zero-order chi connectivity index (χ0) is 15.8. The fourth-order valence-corrected chi connectivity index (χ4v) is 2.11. The molecule has 0 aliphatic rings. The van der Waals surface area contributed by atoms with Gasteiger partial charge in [0.05, 0.1) is 6.04 Å². The lowest BCUT2D eigenvalue weighted by Crippen LogP contribution is -2.30. The van der Waals surface area contributed by atoms with E-state index >= 15 is 0 Å². The minimum absolute atomic E-state index is 0.167. The average molecular weight is 351 g/mol. The van der Waals surface area contributed by atoms with Crippen LogP contribution in [-0.4, -0.2) is 24.6 Å². The van der Waals surface area contributed by atoms with Gasteiger partial charge in [0.25, 0.3) is 0 Å². The van der Waals surface area contributed by atoms with E-state index in [1.54, 1.807) is 0 Å². The first-order valence-corrected chi connectivity index (χ1v) is 7.56. The lowest BCUT2D eigenvalue weighted by Gasteiger charge is -2.27. The van der Waals surface area contributed by atoms with Crippen molar-refractivity contribution in [3.8, 4) is 0 Å². The van der Waals surface area contributed by atoms with Gasteiger partial charge >= 0.3 is 0 Å². The number of aromatic nitrogens is 1. The van der Waals surface area contributed by atoms with E-state index in [0.29, 0.717) is 6.54 Å². The van der Waals surface area contributed by atoms with Gasteiger partial charge in [-0.05, 0) is 31.1 Å². The smallest absolute Gasteiger partial charge is 0.128 e. The number of halogens is 1. The molecule has 5 heteroatoms. The van der Waals surface area contributed by atoms with Gasteiger partial charge in [0.15, 0.2) is 0 Å². The molecule has 0 saturated heterocycles. The van der Waals surface area contributed by atoms with Crippen LogP contribution in [0.15, 0.2) is 53.2 Å². The molecule has 0 aromatic carbocycles. The molecule has 0 bridgehead atoms. The van der Waals surface area contributed by atoms with Gasteiger partial charge in [-0.25, -0.2) is 4.98 Å². The molecule has 3 N–H and O–H groups in total. The topological polar surface area (TPSA) is 54.2 Å². The number of pyridine rings is 1. The number of nitrogens with zero attached hydrogens (tertiary/aromatic N) is 2. The number of hydrogen-bond donors (Lipinski definition) is 2. The van der Waals surface area contributed by atoms with Gasteiger partial charge in [-0.3, -0.25) is 11.3 Å². The first kappa shape index (κ1) is 17.6. The number of rotatable bonds is 7. The summed E-state index contributed by atoms with van der Waals surface area (Å²) in [5.74, 6) is 6.22. The number of hydrogen-bond acceptors (Lipinski definition) is 4. The summed E-state index contributed by atoms with van der Waals surface area (Å²) < 4.78 is 0.979. The maximum Gasteiger partial charge on any atom is 0.128 e. The normalized spacial score (nSPS) is 14.0. The van der Waals surface area contributed by atoms with Crippen LogP contribution >= 0.6 is 15.9 Å². The monoisotopic (exact) mass is 350 g/mol. The number of nitrogens with one attached hydrogen (secondary N) is 1. The molecule has 0 radical (unpaired) electrons. The summed E-state index contributed by atoms with van der Waals surface area (Å²) in [6.45, 7) is 8.64. The molecule has 1 aromatic heterocycles. The van der Waals surface area contributed by atoms with E-state index in [1.165, 1.54) is 0 Å². The minimum Gasteiger partial charge on any atom is -0.353 e. The number of aryl methyl sites for hydroxylation is 1. The van der Waals surface area contributed by atoms with Crippen molar-refractivity contribution in [2.75, 3.05) is 18.5 Å². The number of anilines is 1. The van der Waals surface area contributed by atoms with E-state index in [4.69, 9.17) is 5.84 Å². The van der Waals surface area contributed by atoms with Crippen molar-refractivity contribution in [3.63, 3.8) is 0 Å². The quantitative estimate of drug-likeness (QED) is 0.450. The van der Waals surface area contributed by atoms with Gasteiger partial charge in [-0.15, -0.1) is 0 Å². The number of hydrazine groups is 1. The third kappa shape index (κ3) is 5.46. The molecule has 114 valence electrons. The fraction of sp³-hybridized carbons (Fsp3) is 0.312. The Labute approximate surface area is 135 Å². The molecule has 0 saturated carbocycles.